The molecule has 0 amide bonds. The van der Waals surface area contributed by atoms with Gasteiger partial charge in [0, 0.05) is 12.2 Å². The average molecular weight is 174 g/mol. The minimum atomic E-state index is -1.33. The zero-order valence-corrected chi connectivity index (χ0v) is 9.41. The first-order chi connectivity index (χ1) is 5.06. The Balaban J connectivity index is 3.58. The zero-order valence-electron chi connectivity index (χ0n) is 8.26. The number of hydrogen-bond donors (Lipinski definition) is 0. The Morgan fingerprint density at radius 1 is 1.00 bits per heavy atom. The SMILES string of the molecule is C[CH2][Al]([O]C(C)C)[O]C(C)C. The molecule has 0 aliphatic carbocycles. The summed E-state index contributed by atoms with van der Waals surface area (Å²) in [7, 11) is 0. The van der Waals surface area contributed by atoms with Crippen molar-refractivity contribution in [1.29, 1.82) is 0 Å². The van der Waals surface area contributed by atoms with E-state index in [-0.39, 0.29) is 0 Å². The highest BCUT2D eigenvalue weighted by Crippen LogP contribution is 2.03. The van der Waals surface area contributed by atoms with Gasteiger partial charge in [-0.05, 0) is 33.0 Å². The first-order valence-corrected chi connectivity index (χ1v) is 6.13. The maximum Gasteiger partial charge on any atom is 0.674 e. The van der Waals surface area contributed by atoms with E-state index >= 15 is 0 Å². The summed E-state index contributed by atoms with van der Waals surface area (Å²) in [5.74, 6) is 0. The van der Waals surface area contributed by atoms with Gasteiger partial charge in [0.1, 0.15) is 0 Å². The molecule has 0 spiro atoms. The van der Waals surface area contributed by atoms with Gasteiger partial charge in [0.05, 0.1) is 0 Å². The highest BCUT2D eigenvalue weighted by molar-refractivity contribution is 6.44. The van der Waals surface area contributed by atoms with Gasteiger partial charge in [0.2, 0.25) is 0 Å². The lowest BCUT2D eigenvalue weighted by Crippen LogP contribution is -2.28. The molecule has 0 saturated carbocycles. The Labute approximate surface area is 74.9 Å². The summed E-state index contributed by atoms with van der Waals surface area (Å²) in [6, 6.07) is 0. The van der Waals surface area contributed by atoms with Gasteiger partial charge < -0.3 is 7.58 Å². The van der Waals surface area contributed by atoms with Crippen LogP contribution < -0.4 is 0 Å². The maximum atomic E-state index is 5.63. The Morgan fingerprint density at radius 2 is 1.36 bits per heavy atom. The van der Waals surface area contributed by atoms with Gasteiger partial charge in [0.25, 0.3) is 0 Å². The van der Waals surface area contributed by atoms with E-state index in [0.29, 0.717) is 12.2 Å². The van der Waals surface area contributed by atoms with E-state index < -0.39 is 14.8 Å². The molecule has 2 nitrogen and oxygen atoms in total. The van der Waals surface area contributed by atoms with Gasteiger partial charge in [-0.3, -0.25) is 0 Å². The van der Waals surface area contributed by atoms with Crippen molar-refractivity contribution in [3.8, 4) is 0 Å². The molecule has 3 heteroatoms. The largest absolute Gasteiger partial charge is 0.674 e. The lowest BCUT2D eigenvalue weighted by atomic mass is 10.5. The molecule has 0 aliphatic rings. The molecule has 0 aliphatic heterocycles. The summed E-state index contributed by atoms with van der Waals surface area (Å²) >= 11 is -1.33. The molecule has 0 aromatic heterocycles. The van der Waals surface area contributed by atoms with E-state index in [1.807, 2.05) is 0 Å². The Bertz CT molecular complexity index is 84.1. The number of hydrogen-bond acceptors (Lipinski definition) is 2. The molecule has 0 aromatic carbocycles. The van der Waals surface area contributed by atoms with Gasteiger partial charge >= 0.3 is 14.8 Å². The fraction of sp³-hybridized carbons (Fsp3) is 1.00. The van der Waals surface area contributed by atoms with Crippen LogP contribution in [-0.4, -0.2) is 27.0 Å². The van der Waals surface area contributed by atoms with Gasteiger partial charge in [-0.1, -0.05) is 6.92 Å². The monoisotopic (exact) mass is 174 g/mol. The predicted molar refractivity (Wildman–Crippen MR) is 48.7 cm³/mol. The van der Waals surface area contributed by atoms with Crippen LogP contribution in [0.5, 0.6) is 0 Å². The van der Waals surface area contributed by atoms with Crippen LogP contribution in [0, 0.1) is 0 Å². The van der Waals surface area contributed by atoms with Crippen molar-refractivity contribution in [3.05, 3.63) is 0 Å². The van der Waals surface area contributed by atoms with E-state index in [1.54, 1.807) is 0 Å². The highest BCUT2D eigenvalue weighted by Gasteiger charge is 2.24. The molecule has 0 N–H and O–H groups in total. The standard InChI is InChI=1S/2C3H7O.C2H5.Al/c2*1-3(2)4;1-2;/h2*3H,1-2H3;1H2,2H3;/q2*-1;;+2. The smallest absolute Gasteiger partial charge is 0.476 e. The van der Waals surface area contributed by atoms with E-state index in [1.165, 1.54) is 0 Å². The van der Waals surface area contributed by atoms with Crippen molar-refractivity contribution in [3.63, 3.8) is 0 Å². The second-order valence-corrected chi connectivity index (χ2v) is 5.43. The molecule has 11 heavy (non-hydrogen) atoms. The van der Waals surface area contributed by atoms with E-state index in [2.05, 4.69) is 34.6 Å². The average Bonchev–Trinajstić information content (AvgIpc) is 1.84. The van der Waals surface area contributed by atoms with Crippen LogP contribution >= 0.6 is 0 Å². The Kier molecular flexibility index (Phi) is 6.27. The van der Waals surface area contributed by atoms with Gasteiger partial charge in [-0.25, -0.2) is 0 Å². The van der Waals surface area contributed by atoms with Crippen molar-refractivity contribution in [1.82, 2.24) is 0 Å². The second-order valence-electron chi connectivity index (χ2n) is 3.21. The van der Waals surface area contributed by atoms with Crippen LogP contribution in [0.4, 0.5) is 0 Å². The van der Waals surface area contributed by atoms with Crippen molar-refractivity contribution < 1.29 is 7.58 Å². The Hall–Kier alpha value is 0.452. The molecule has 0 unspecified atom stereocenters. The summed E-state index contributed by atoms with van der Waals surface area (Å²) in [4.78, 5) is 0. The molecule has 0 bridgehead atoms. The molecule has 0 aromatic rings. The van der Waals surface area contributed by atoms with Crippen LogP contribution in [0.1, 0.15) is 34.6 Å². The quantitative estimate of drug-likeness (QED) is 0.595. The van der Waals surface area contributed by atoms with E-state index in [0.717, 1.165) is 5.28 Å². The molecular formula is C8H19AlO2. The lowest BCUT2D eigenvalue weighted by molar-refractivity contribution is 0.130. The van der Waals surface area contributed by atoms with E-state index in [9.17, 15) is 0 Å². The molecule has 0 heterocycles. The van der Waals surface area contributed by atoms with Gasteiger partial charge in [-0.2, -0.15) is 0 Å². The normalized spacial score (nSPS) is 11.2. The summed E-state index contributed by atoms with van der Waals surface area (Å²) in [6.45, 7) is 10.3. The summed E-state index contributed by atoms with van der Waals surface area (Å²) in [5.41, 5.74) is 0. The minimum absolute atomic E-state index is 0.311. The molecule has 0 atom stereocenters. The molecule has 66 valence electrons. The molecule has 0 radical (unpaired) electrons. The predicted octanol–water partition coefficient (Wildman–Crippen LogP) is 2.34. The summed E-state index contributed by atoms with van der Waals surface area (Å²) < 4.78 is 11.3. The topological polar surface area (TPSA) is 18.5 Å². The van der Waals surface area contributed by atoms with Crippen LogP contribution in [0.25, 0.3) is 0 Å². The van der Waals surface area contributed by atoms with Crippen molar-refractivity contribution in [2.24, 2.45) is 0 Å². The molecule has 0 fully saturated rings. The highest BCUT2D eigenvalue weighted by atomic mass is 27.2. The zero-order chi connectivity index (χ0) is 8.85. The lowest BCUT2D eigenvalue weighted by Gasteiger charge is -2.17. The molecule has 0 saturated heterocycles. The van der Waals surface area contributed by atoms with Gasteiger partial charge in [0.15, 0.2) is 0 Å². The van der Waals surface area contributed by atoms with Crippen molar-refractivity contribution in [2.75, 3.05) is 0 Å². The number of rotatable bonds is 5. The van der Waals surface area contributed by atoms with Crippen LogP contribution in [0.15, 0.2) is 0 Å². The first kappa shape index (κ1) is 11.5. The molecular weight excluding hydrogens is 155 g/mol. The molecule has 0 rings (SSSR count). The van der Waals surface area contributed by atoms with Crippen LogP contribution in [0.3, 0.4) is 0 Å². The third kappa shape index (κ3) is 6.84. The fourth-order valence-electron chi connectivity index (χ4n) is 0.832. The second kappa shape index (κ2) is 6.02. The first-order valence-electron chi connectivity index (χ1n) is 4.37. The van der Waals surface area contributed by atoms with Crippen molar-refractivity contribution >= 4 is 14.8 Å². The third-order valence-corrected chi connectivity index (χ3v) is 3.54. The summed E-state index contributed by atoms with van der Waals surface area (Å²) in [6.07, 6.45) is 0.621. The fourth-order valence-corrected chi connectivity index (χ4v) is 2.49. The van der Waals surface area contributed by atoms with Crippen LogP contribution in [0.2, 0.25) is 5.28 Å². The summed E-state index contributed by atoms with van der Waals surface area (Å²) in [5, 5.41) is 1.05. The van der Waals surface area contributed by atoms with Gasteiger partial charge in [-0.15, -0.1) is 0 Å². The third-order valence-electron chi connectivity index (χ3n) is 1.18. The van der Waals surface area contributed by atoms with Crippen molar-refractivity contribution in [2.45, 2.75) is 52.1 Å². The Morgan fingerprint density at radius 3 is 1.55 bits per heavy atom. The maximum absolute atomic E-state index is 5.63. The minimum Gasteiger partial charge on any atom is -0.476 e. The van der Waals surface area contributed by atoms with E-state index in [4.69, 9.17) is 7.58 Å². The van der Waals surface area contributed by atoms with Crippen LogP contribution in [-0.2, 0) is 7.58 Å².